The summed E-state index contributed by atoms with van der Waals surface area (Å²) < 4.78 is 10.3. The normalized spacial score (nSPS) is 22.0. The van der Waals surface area contributed by atoms with Crippen LogP contribution in [0.5, 0.6) is 0 Å². The van der Waals surface area contributed by atoms with Crippen LogP contribution in [0, 0.1) is 12.8 Å². The summed E-state index contributed by atoms with van der Waals surface area (Å²) in [5.74, 6) is 0.642. The standard InChI is InChI=1S/C20H31N3O4/c1-15-7-12-27-18(15)20(25)22-10-5-17(6-11-22)23-9-3-4-16(14-23)19(24)21-8-13-26-2/h7,12,16-17H,3-6,8-11,13-14H2,1-2H3,(H,21,24)/t16-/m1/s1. The van der Waals surface area contributed by atoms with Crippen molar-refractivity contribution in [3.05, 3.63) is 23.7 Å². The first-order valence-electron chi connectivity index (χ1n) is 9.94. The van der Waals surface area contributed by atoms with Gasteiger partial charge in [0.25, 0.3) is 5.91 Å². The molecule has 1 N–H and O–H groups in total. The maximum Gasteiger partial charge on any atom is 0.289 e. The lowest BCUT2D eigenvalue weighted by molar-refractivity contribution is -0.127. The van der Waals surface area contributed by atoms with Crippen LogP contribution in [0.1, 0.15) is 41.8 Å². The van der Waals surface area contributed by atoms with Gasteiger partial charge in [0, 0.05) is 44.9 Å². The Balaban J connectivity index is 1.48. The molecule has 3 rings (SSSR count). The van der Waals surface area contributed by atoms with Crippen molar-refractivity contribution >= 4 is 11.8 Å². The molecule has 2 fully saturated rings. The third-order valence-electron chi connectivity index (χ3n) is 5.75. The molecule has 2 saturated heterocycles. The highest BCUT2D eigenvalue weighted by Crippen LogP contribution is 2.25. The van der Waals surface area contributed by atoms with Gasteiger partial charge in [-0.1, -0.05) is 0 Å². The Morgan fingerprint density at radius 2 is 2.04 bits per heavy atom. The predicted molar refractivity (Wildman–Crippen MR) is 102 cm³/mol. The van der Waals surface area contributed by atoms with Crippen LogP contribution in [0.25, 0.3) is 0 Å². The third-order valence-corrected chi connectivity index (χ3v) is 5.75. The van der Waals surface area contributed by atoms with Gasteiger partial charge in [-0.2, -0.15) is 0 Å². The second-order valence-electron chi connectivity index (χ2n) is 7.57. The molecule has 1 aromatic rings. The van der Waals surface area contributed by atoms with Crippen molar-refractivity contribution < 1.29 is 18.7 Å². The summed E-state index contributed by atoms with van der Waals surface area (Å²) in [7, 11) is 1.64. The van der Waals surface area contributed by atoms with Crippen LogP contribution in [-0.4, -0.2) is 74.1 Å². The minimum Gasteiger partial charge on any atom is -0.459 e. The lowest BCUT2D eigenvalue weighted by atomic mass is 9.93. The van der Waals surface area contributed by atoms with Crippen molar-refractivity contribution in [2.24, 2.45) is 5.92 Å². The SMILES string of the molecule is COCCNC(=O)[C@@H]1CCCN(C2CCN(C(=O)c3occc3C)CC2)C1. The number of rotatable bonds is 6. The van der Waals surface area contributed by atoms with E-state index in [1.54, 1.807) is 13.4 Å². The summed E-state index contributed by atoms with van der Waals surface area (Å²) in [5.41, 5.74) is 0.889. The maximum absolute atomic E-state index is 12.6. The van der Waals surface area contributed by atoms with Crippen LogP contribution in [0.4, 0.5) is 0 Å². The van der Waals surface area contributed by atoms with Gasteiger partial charge in [-0.3, -0.25) is 14.5 Å². The monoisotopic (exact) mass is 377 g/mol. The van der Waals surface area contributed by atoms with Crippen molar-refractivity contribution in [1.29, 1.82) is 0 Å². The molecule has 3 heterocycles. The number of furan rings is 1. The molecular formula is C20H31N3O4. The summed E-state index contributed by atoms with van der Waals surface area (Å²) >= 11 is 0. The number of ether oxygens (including phenoxy) is 1. The van der Waals surface area contributed by atoms with Crippen molar-refractivity contribution in [1.82, 2.24) is 15.1 Å². The molecule has 27 heavy (non-hydrogen) atoms. The molecule has 1 aromatic heterocycles. The van der Waals surface area contributed by atoms with E-state index in [0.29, 0.717) is 25.0 Å². The van der Waals surface area contributed by atoms with Crippen LogP contribution >= 0.6 is 0 Å². The van der Waals surface area contributed by atoms with Crippen molar-refractivity contribution in [2.45, 2.75) is 38.6 Å². The molecular weight excluding hydrogens is 346 g/mol. The fraction of sp³-hybridized carbons (Fsp3) is 0.700. The van der Waals surface area contributed by atoms with Gasteiger partial charge >= 0.3 is 0 Å². The quantitative estimate of drug-likeness (QED) is 0.764. The maximum atomic E-state index is 12.6. The van der Waals surface area contributed by atoms with E-state index in [2.05, 4.69) is 10.2 Å². The highest BCUT2D eigenvalue weighted by molar-refractivity contribution is 5.92. The smallest absolute Gasteiger partial charge is 0.289 e. The zero-order valence-electron chi connectivity index (χ0n) is 16.4. The van der Waals surface area contributed by atoms with Crippen LogP contribution < -0.4 is 5.32 Å². The fourth-order valence-electron chi connectivity index (χ4n) is 4.14. The summed E-state index contributed by atoms with van der Waals surface area (Å²) in [6.45, 7) is 6.35. The zero-order chi connectivity index (χ0) is 19.2. The first kappa shape index (κ1) is 19.9. The van der Waals surface area contributed by atoms with E-state index in [9.17, 15) is 9.59 Å². The van der Waals surface area contributed by atoms with Crippen molar-refractivity contribution in [3.63, 3.8) is 0 Å². The summed E-state index contributed by atoms with van der Waals surface area (Å²) in [6, 6.07) is 2.27. The first-order chi connectivity index (χ1) is 13.1. The van der Waals surface area contributed by atoms with Gasteiger partial charge in [-0.25, -0.2) is 0 Å². The molecule has 0 spiro atoms. The third kappa shape index (κ3) is 4.90. The molecule has 0 saturated carbocycles. The van der Waals surface area contributed by atoms with Crippen LogP contribution in [-0.2, 0) is 9.53 Å². The van der Waals surface area contributed by atoms with E-state index in [1.165, 1.54) is 0 Å². The van der Waals surface area contributed by atoms with E-state index >= 15 is 0 Å². The average Bonchev–Trinajstić information content (AvgIpc) is 3.13. The number of carbonyl (C=O) groups is 2. The lowest BCUT2D eigenvalue weighted by Crippen LogP contribution is -2.51. The van der Waals surface area contributed by atoms with E-state index in [1.807, 2.05) is 17.9 Å². The molecule has 0 bridgehead atoms. The second-order valence-corrected chi connectivity index (χ2v) is 7.57. The molecule has 0 aromatic carbocycles. The molecule has 0 radical (unpaired) electrons. The van der Waals surface area contributed by atoms with Gasteiger partial charge in [0.2, 0.25) is 5.91 Å². The van der Waals surface area contributed by atoms with Gasteiger partial charge in [-0.15, -0.1) is 0 Å². The summed E-state index contributed by atoms with van der Waals surface area (Å²) in [4.78, 5) is 29.3. The number of carbonyl (C=O) groups excluding carboxylic acids is 2. The fourth-order valence-corrected chi connectivity index (χ4v) is 4.14. The lowest BCUT2D eigenvalue weighted by Gasteiger charge is -2.41. The molecule has 2 aliphatic rings. The van der Waals surface area contributed by atoms with E-state index in [-0.39, 0.29) is 17.7 Å². The summed E-state index contributed by atoms with van der Waals surface area (Å²) in [5, 5.41) is 2.97. The number of methoxy groups -OCH3 is 1. The highest BCUT2D eigenvalue weighted by Gasteiger charge is 2.33. The van der Waals surface area contributed by atoms with E-state index in [0.717, 1.165) is 57.4 Å². The molecule has 7 nitrogen and oxygen atoms in total. The second kappa shape index (κ2) is 9.37. The largest absolute Gasteiger partial charge is 0.459 e. The molecule has 2 amide bonds. The number of amides is 2. The molecule has 0 unspecified atom stereocenters. The van der Waals surface area contributed by atoms with Crippen LogP contribution in [0.15, 0.2) is 16.7 Å². The number of hydrogen-bond acceptors (Lipinski definition) is 5. The topological polar surface area (TPSA) is 75.0 Å². The van der Waals surface area contributed by atoms with Gasteiger partial charge in [0.1, 0.15) is 0 Å². The zero-order valence-corrected chi connectivity index (χ0v) is 16.4. The van der Waals surface area contributed by atoms with E-state index < -0.39 is 0 Å². The summed E-state index contributed by atoms with van der Waals surface area (Å²) in [6.07, 6.45) is 5.46. The Labute approximate surface area is 161 Å². The van der Waals surface area contributed by atoms with Gasteiger partial charge < -0.3 is 19.4 Å². The average molecular weight is 377 g/mol. The minimum absolute atomic E-state index is 0.00927. The van der Waals surface area contributed by atoms with E-state index in [4.69, 9.17) is 9.15 Å². The van der Waals surface area contributed by atoms with Crippen molar-refractivity contribution in [2.75, 3.05) is 46.4 Å². The number of nitrogens with zero attached hydrogens (tertiary/aromatic N) is 2. The van der Waals surface area contributed by atoms with Crippen molar-refractivity contribution in [3.8, 4) is 0 Å². The predicted octanol–water partition coefficient (Wildman–Crippen LogP) is 1.67. The number of aryl methyl sites for hydroxylation is 1. The number of piperidine rings is 2. The minimum atomic E-state index is -0.00927. The van der Waals surface area contributed by atoms with Gasteiger partial charge in [-0.05, 0) is 45.2 Å². The molecule has 1 atom stereocenters. The highest BCUT2D eigenvalue weighted by atomic mass is 16.5. The molecule has 7 heteroatoms. The van der Waals surface area contributed by atoms with Crippen LogP contribution in [0.2, 0.25) is 0 Å². The van der Waals surface area contributed by atoms with Crippen LogP contribution in [0.3, 0.4) is 0 Å². The van der Waals surface area contributed by atoms with Gasteiger partial charge in [0.15, 0.2) is 5.76 Å². The molecule has 150 valence electrons. The Morgan fingerprint density at radius 1 is 1.26 bits per heavy atom. The number of likely N-dealkylation sites (tertiary alicyclic amines) is 2. The molecule has 0 aliphatic carbocycles. The Morgan fingerprint density at radius 3 is 2.70 bits per heavy atom. The first-order valence-corrected chi connectivity index (χ1v) is 9.94. The number of hydrogen-bond donors (Lipinski definition) is 1. The number of nitrogens with one attached hydrogen (secondary N) is 1. The van der Waals surface area contributed by atoms with Gasteiger partial charge in [0.05, 0.1) is 18.8 Å². The molecule has 2 aliphatic heterocycles. The Hall–Kier alpha value is -1.86. The Kier molecular flexibility index (Phi) is 6.90. The Bertz CT molecular complexity index is 637.